The summed E-state index contributed by atoms with van der Waals surface area (Å²) in [7, 11) is 0. The van der Waals surface area contributed by atoms with Crippen LogP contribution in [0.5, 0.6) is 0 Å². The highest BCUT2D eigenvalue weighted by molar-refractivity contribution is 6.31. The van der Waals surface area contributed by atoms with Crippen molar-refractivity contribution in [2.24, 2.45) is 0 Å². The van der Waals surface area contributed by atoms with Crippen molar-refractivity contribution in [3.63, 3.8) is 0 Å². The van der Waals surface area contributed by atoms with Crippen LogP contribution >= 0.6 is 11.6 Å². The Morgan fingerprint density at radius 2 is 2.04 bits per heavy atom. The van der Waals surface area contributed by atoms with Gasteiger partial charge in [0.15, 0.2) is 11.2 Å². The molecule has 2 aromatic carbocycles. The molecule has 2 heterocycles. The third kappa shape index (κ3) is 2.39. The van der Waals surface area contributed by atoms with Gasteiger partial charge in [-0.05, 0) is 31.2 Å². The van der Waals surface area contributed by atoms with E-state index in [2.05, 4.69) is 9.94 Å². The minimum absolute atomic E-state index is 0.223. The van der Waals surface area contributed by atoms with Gasteiger partial charge in [-0.25, -0.2) is 4.85 Å². The average molecular weight is 349 g/mol. The van der Waals surface area contributed by atoms with Gasteiger partial charge in [0.2, 0.25) is 0 Å². The van der Waals surface area contributed by atoms with E-state index in [1.165, 1.54) is 0 Å². The molecule has 0 aliphatic carbocycles. The molecule has 6 heteroatoms. The summed E-state index contributed by atoms with van der Waals surface area (Å²) >= 11 is 6.19. The molecule has 0 N–H and O–H groups in total. The van der Waals surface area contributed by atoms with E-state index in [1.54, 1.807) is 45.6 Å². The second-order valence-electron chi connectivity index (χ2n) is 5.68. The van der Waals surface area contributed by atoms with Gasteiger partial charge in [-0.15, -0.1) is 0 Å². The zero-order chi connectivity index (χ0) is 17.6. The molecule has 5 nitrogen and oxygen atoms in total. The number of aryl methyl sites for hydroxylation is 1. The van der Waals surface area contributed by atoms with Crippen LogP contribution in [0.1, 0.15) is 6.92 Å². The Bertz CT molecular complexity index is 1230. The number of halogens is 1. The zero-order valence-corrected chi connectivity index (χ0v) is 14.2. The van der Waals surface area contributed by atoms with Crippen LogP contribution in [-0.2, 0) is 6.54 Å². The van der Waals surface area contributed by atoms with E-state index in [1.807, 2.05) is 19.2 Å². The molecule has 4 aromatic rings. The zero-order valence-electron chi connectivity index (χ0n) is 13.4. The monoisotopic (exact) mass is 348 g/mol. The molecule has 122 valence electrons. The summed E-state index contributed by atoms with van der Waals surface area (Å²) in [6.45, 7) is 9.87. The summed E-state index contributed by atoms with van der Waals surface area (Å²) in [4.78, 5) is 16.6. The van der Waals surface area contributed by atoms with E-state index < -0.39 is 0 Å². The number of pyridine rings is 1. The minimum atomic E-state index is -0.223. The molecule has 25 heavy (non-hydrogen) atoms. The number of hydrogen-bond acceptors (Lipinski definition) is 2. The molecular weight excluding hydrogens is 336 g/mol. The van der Waals surface area contributed by atoms with Crippen LogP contribution in [0, 0.1) is 6.57 Å². The van der Waals surface area contributed by atoms with Crippen LogP contribution in [0.3, 0.4) is 0 Å². The highest BCUT2D eigenvalue weighted by Crippen LogP contribution is 2.28. The Balaban J connectivity index is 2.21. The van der Waals surface area contributed by atoms with E-state index in [0.29, 0.717) is 34.0 Å². The molecule has 0 aliphatic rings. The van der Waals surface area contributed by atoms with E-state index in [9.17, 15) is 4.79 Å². The molecule has 2 aromatic heterocycles. The first-order chi connectivity index (χ1) is 12.1. The Hall–Kier alpha value is -3.10. The molecule has 0 radical (unpaired) electrons. The molecule has 0 unspecified atom stereocenters. The first kappa shape index (κ1) is 15.4. The molecule has 0 atom stereocenters. The maximum absolute atomic E-state index is 13.1. The van der Waals surface area contributed by atoms with Crippen molar-refractivity contribution >= 4 is 39.1 Å². The second-order valence-corrected chi connectivity index (χ2v) is 6.12. The van der Waals surface area contributed by atoms with Crippen molar-refractivity contribution in [1.29, 1.82) is 0 Å². The number of hydrogen-bond donors (Lipinski definition) is 0. The lowest BCUT2D eigenvalue weighted by molar-refractivity contribution is 0.667. The molecule has 0 amide bonds. The van der Waals surface area contributed by atoms with Gasteiger partial charge < -0.3 is 0 Å². The minimum Gasteiger partial charge on any atom is -0.276 e. The highest BCUT2D eigenvalue weighted by Gasteiger charge is 2.16. The lowest BCUT2D eigenvalue weighted by Crippen LogP contribution is -2.19. The van der Waals surface area contributed by atoms with Gasteiger partial charge in [-0.2, -0.15) is 5.10 Å². The van der Waals surface area contributed by atoms with E-state index in [-0.39, 0.29) is 5.56 Å². The van der Waals surface area contributed by atoms with Gasteiger partial charge in [0.25, 0.3) is 5.56 Å². The summed E-state index contributed by atoms with van der Waals surface area (Å²) in [5.74, 6) is 0. The quantitative estimate of drug-likeness (QED) is 0.498. The van der Waals surface area contributed by atoms with Crippen LogP contribution in [0.4, 0.5) is 5.69 Å². The standard InChI is InChI=1S/C19H13ClN4O/c1-3-23-11-16-15-8-7-12(20)9-17(15)24(19(25)18(16)22-23)14-6-4-5-13(10-14)21-2/h4-11H,3H2,1H3. The molecule has 4 rings (SSSR count). The van der Waals surface area contributed by atoms with Gasteiger partial charge in [0, 0.05) is 34.2 Å². The Morgan fingerprint density at radius 1 is 1.20 bits per heavy atom. The van der Waals surface area contributed by atoms with Crippen molar-refractivity contribution < 1.29 is 0 Å². The van der Waals surface area contributed by atoms with Gasteiger partial charge in [0.05, 0.1) is 12.1 Å². The van der Waals surface area contributed by atoms with E-state index >= 15 is 0 Å². The average Bonchev–Trinajstić information content (AvgIpc) is 3.07. The number of fused-ring (bicyclic) bond motifs is 3. The number of aromatic nitrogens is 3. The molecule has 0 saturated heterocycles. The van der Waals surface area contributed by atoms with Gasteiger partial charge in [-0.1, -0.05) is 29.8 Å². The lowest BCUT2D eigenvalue weighted by atomic mass is 10.1. The predicted octanol–water partition coefficient (Wildman–Crippen LogP) is 4.56. The summed E-state index contributed by atoms with van der Waals surface area (Å²) < 4.78 is 3.32. The third-order valence-corrected chi connectivity index (χ3v) is 4.43. The summed E-state index contributed by atoms with van der Waals surface area (Å²) in [6, 6.07) is 12.4. The largest absolute Gasteiger partial charge is 0.283 e. The Morgan fingerprint density at radius 3 is 2.80 bits per heavy atom. The lowest BCUT2D eigenvalue weighted by Gasteiger charge is -2.12. The second kappa shape index (κ2) is 5.76. The first-order valence-electron chi connectivity index (χ1n) is 7.81. The van der Waals surface area contributed by atoms with Crippen LogP contribution in [0.2, 0.25) is 5.02 Å². The molecule has 0 saturated carbocycles. The smallest absolute Gasteiger partial charge is 0.276 e. The van der Waals surface area contributed by atoms with Gasteiger partial charge >= 0.3 is 0 Å². The number of nitrogens with zero attached hydrogens (tertiary/aromatic N) is 4. The summed E-state index contributed by atoms with van der Waals surface area (Å²) in [5, 5.41) is 6.66. The fourth-order valence-electron chi connectivity index (χ4n) is 3.03. The Kier molecular flexibility index (Phi) is 3.56. The van der Waals surface area contributed by atoms with E-state index in [0.717, 1.165) is 10.8 Å². The topological polar surface area (TPSA) is 44.2 Å². The van der Waals surface area contributed by atoms with Gasteiger partial charge in [0.1, 0.15) is 0 Å². The van der Waals surface area contributed by atoms with Crippen molar-refractivity contribution in [2.45, 2.75) is 13.5 Å². The third-order valence-electron chi connectivity index (χ3n) is 4.20. The van der Waals surface area contributed by atoms with Crippen LogP contribution in [-0.4, -0.2) is 14.3 Å². The van der Waals surface area contributed by atoms with Gasteiger partial charge in [-0.3, -0.25) is 14.0 Å². The Labute approximate surface area is 148 Å². The van der Waals surface area contributed by atoms with E-state index in [4.69, 9.17) is 18.2 Å². The molecule has 0 aliphatic heterocycles. The molecule has 0 bridgehead atoms. The van der Waals surface area contributed by atoms with Crippen molar-refractivity contribution in [3.8, 4) is 5.69 Å². The number of benzene rings is 2. The number of rotatable bonds is 2. The van der Waals surface area contributed by atoms with Crippen LogP contribution in [0.25, 0.3) is 32.3 Å². The van der Waals surface area contributed by atoms with Crippen molar-refractivity contribution in [3.05, 3.63) is 75.5 Å². The molecule has 0 fully saturated rings. The SMILES string of the molecule is [C-]#[N+]c1cccc(-n2c(=O)c3nn(CC)cc3c3ccc(Cl)cc32)c1. The predicted molar refractivity (Wildman–Crippen MR) is 99.8 cm³/mol. The summed E-state index contributed by atoms with van der Waals surface area (Å²) in [5.41, 5.74) is 1.98. The molecular formula is C19H13ClN4O. The van der Waals surface area contributed by atoms with Crippen molar-refractivity contribution in [2.75, 3.05) is 0 Å². The normalized spacial score (nSPS) is 11.1. The first-order valence-corrected chi connectivity index (χ1v) is 8.19. The van der Waals surface area contributed by atoms with Crippen LogP contribution in [0.15, 0.2) is 53.5 Å². The molecule has 0 spiro atoms. The maximum atomic E-state index is 13.1. The van der Waals surface area contributed by atoms with Crippen LogP contribution < -0.4 is 5.56 Å². The maximum Gasteiger partial charge on any atom is 0.283 e. The highest BCUT2D eigenvalue weighted by atomic mass is 35.5. The van der Waals surface area contributed by atoms with Crippen molar-refractivity contribution in [1.82, 2.24) is 14.3 Å². The fraction of sp³-hybridized carbons (Fsp3) is 0.105. The fourth-order valence-corrected chi connectivity index (χ4v) is 3.20. The summed E-state index contributed by atoms with van der Waals surface area (Å²) in [6.07, 6.45) is 1.88.